The van der Waals surface area contributed by atoms with Crippen LogP contribution in [0.15, 0.2) is 40.9 Å². The molecule has 36 heavy (non-hydrogen) atoms. The molecule has 0 atom stereocenters. The van der Waals surface area contributed by atoms with Gasteiger partial charge in [0, 0.05) is 50.5 Å². The second kappa shape index (κ2) is 11.3. The highest BCUT2D eigenvalue weighted by molar-refractivity contribution is 6.30. The van der Waals surface area contributed by atoms with Gasteiger partial charge in [0.1, 0.15) is 17.4 Å². The number of rotatable bonds is 7. The van der Waals surface area contributed by atoms with Crippen LogP contribution in [0.3, 0.4) is 0 Å². The van der Waals surface area contributed by atoms with Crippen LogP contribution in [0.2, 0.25) is 5.02 Å². The Morgan fingerprint density at radius 2 is 1.92 bits per heavy atom. The molecule has 0 spiro atoms. The van der Waals surface area contributed by atoms with Gasteiger partial charge < -0.3 is 28.8 Å². The molecule has 190 valence electrons. The van der Waals surface area contributed by atoms with E-state index in [9.17, 15) is 9.59 Å². The predicted octanol–water partition coefficient (Wildman–Crippen LogP) is 4.25. The number of hydrogen-bond acceptors (Lipinski definition) is 8. The van der Waals surface area contributed by atoms with Crippen LogP contribution in [0.4, 0.5) is 4.79 Å². The van der Waals surface area contributed by atoms with Crippen molar-refractivity contribution < 1.29 is 28.2 Å². The lowest BCUT2D eigenvalue weighted by atomic mass is 10.1. The van der Waals surface area contributed by atoms with Gasteiger partial charge >= 0.3 is 6.09 Å². The van der Waals surface area contributed by atoms with Crippen LogP contribution < -0.4 is 14.8 Å². The van der Waals surface area contributed by atoms with Gasteiger partial charge in [0.05, 0.1) is 20.4 Å². The summed E-state index contributed by atoms with van der Waals surface area (Å²) in [6.45, 7) is 3.00. The van der Waals surface area contributed by atoms with Gasteiger partial charge in [-0.25, -0.2) is 14.8 Å². The highest BCUT2D eigenvalue weighted by Gasteiger charge is 2.28. The normalized spacial score (nSPS) is 13.8. The molecule has 0 bridgehead atoms. The molecule has 3 heterocycles. The topological polar surface area (TPSA) is 116 Å². The van der Waals surface area contributed by atoms with Crippen molar-refractivity contribution in [3.8, 4) is 23.1 Å². The fraction of sp³-hybridized carbons (Fsp3) is 0.360. The van der Waals surface area contributed by atoms with Crippen molar-refractivity contribution >= 4 is 23.6 Å². The number of carbonyl (C=O) groups excluding carboxylic acids is 2. The van der Waals surface area contributed by atoms with E-state index in [1.807, 2.05) is 12.1 Å². The Labute approximate surface area is 213 Å². The van der Waals surface area contributed by atoms with E-state index in [1.54, 1.807) is 36.2 Å². The second-order valence-electron chi connectivity index (χ2n) is 8.22. The van der Waals surface area contributed by atoms with Crippen molar-refractivity contribution in [2.45, 2.75) is 32.4 Å². The van der Waals surface area contributed by atoms with Crippen LogP contribution >= 0.6 is 11.6 Å². The maximum absolute atomic E-state index is 13.1. The maximum Gasteiger partial charge on any atom is 0.409 e. The van der Waals surface area contributed by atoms with Gasteiger partial charge in [-0.2, -0.15) is 0 Å². The van der Waals surface area contributed by atoms with E-state index in [1.165, 1.54) is 14.2 Å². The zero-order chi connectivity index (χ0) is 25.7. The van der Waals surface area contributed by atoms with E-state index in [4.69, 9.17) is 30.2 Å². The molecule has 0 aliphatic carbocycles. The number of aryl methyl sites for hydroxylation is 1. The minimum atomic E-state index is -0.375. The third-order valence-corrected chi connectivity index (χ3v) is 6.03. The van der Waals surface area contributed by atoms with Crippen molar-refractivity contribution in [2.24, 2.45) is 0 Å². The summed E-state index contributed by atoms with van der Waals surface area (Å²) in [6.07, 6.45) is 2.16. The third kappa shape index (κ3) is 5.88. The van der Waals surface area contributed by atoms with Gasteiger partial charge in [-0.1, -0.05) is 23.7 Å². The number of benzene rings is 1. The molecule has 0 unspecified atom stereocenters. The number of likely N-dealkylation sites (tertiary alicyclic amines) is 1. The molecular weight excluding hydrogens is 488 g/mol. The molecule has 1 saturated heterocycles. The molecule has 0 saturated carbocycles. The number of methoxy groups -OCH3 is 2. The summed E-state index contributed by atoms with van der Waals surface area (Å²) in [6, 6.07) is 8.79. The molecular formula is C25H27ClN4O6. The zero-order valence-corrected chi connectivity index (χ0v) is 21.0. The highest BCUT2D eigenvalue weighted by Crippen LogP contribution is 2.35. The van der Waals surface area contributed by atoms with E-state index in [0.717, 1.165) is 5.56 Å². The summed E-state index contributed by atoms with van der Waals surface area (Å²) in [5, 5.41) is 3.50. The SMILES string of the molecule is COC(=O)N1CCC(Oc2cc(C(=O)NCc3ccc(Cl)cc3)c(OC)nc2-c2cnc(C)o2)CC1. The molecule has 11 heteroatoms. The molecule has 2 amide bonds. The number of aromatic nitrogens is 2. The lowest BCUT2D eigenvalue weighted by Crippen LogP contribution is -2.41. The van der Waals surface area contributed by atoms with Crippen molar-refractivity contribution in [3.63, 3.8) is 0 Å². The van der Waals surface area contributed by atoms with Crippen molar-refractivity contribution in [1.29, 1.82) is 0 Å². The molecule has 0 radical (unpaired) electrons. The lowest BCUT2D eigenvalue weighted by molar-refractivity contribution is 0.0787. The first-order chi connectivity index (χ1) is 17.4. The number of amides is 2. The van der Waals surface area contributed by atoms with Gasteiger partial charge in [-0.15, -0.1) is 0 Å². The minimum absolute atomic E-state index is 0.125. The first-order valence-corrected chi connectivity index (χ1v) is 11.8. The molecule has 4 rings (SSSR count). The highest BCUT2D eigenvalue weighted by atomic mass is 35.5. The molecule has 2 aromatic heterocycles. The average molecular weight is 515 g/mol. The maximum atomic E-state index is 13.1. The predicted molar refractivity (Wildman–Crippen MR) is 131 cm³/mol. The number of hydrogen-bond donors (Lipinski definition) is 1. The van der Waals surface area contributed by atoms with Crippen LogP contribution in [0, 0.1) is 6.92 Å². The monoisotopic (exact) mass is 514 g/mol. The number of carbonyl (C=O) groups is 2. The van der Waals surface area contributed by atoms with Gasteiger partial charge in [0.25, 0.3) is 5.91 Å². The van der Waals surface area contributed by atoms with Crippen LogP contribution in [0.25, 0.3) is 11.5 Å². The van der Waals surface area contributed by atoms with Gasteiger partial charge in [0.2, 0.25) is 5.88 Å². The Kier molecular flexibility index (Phi) is 7.94. The number of nitrogens with zero attached hydrogens (tertiary/aromatic N) is 3. The Hall–Kier alpha value is -3.79. The van der Waals surface area contributed by atoms with Gasteiger partial charge in [-0.05, 0) is 17.7 Å². The second-order valence-corrected chi connectivity index (χ2v) is 8.66. The molecule has 1 N–H and O–H groups in total. The summed E-state index contributed by atoms with van der Waals surface area (Å²) in [5.41, 5.74) is 1.48. The third-order valence-electron chi connectivity index (χ3n) is 5.78. The smallest absolute Gasteiger partial charge is 0.409 e. The van der Waals surface area contributed by atoms with E-state index in [2.05, 4.69) is 15.3 Å². The molecule has 10 nitrogen and oxygen atoms in total. The summed E-state index contributed by atoms with van der Waals surface area (Å²) in [5.74, 6) is 0.967. The Morgan fingerprint density at radius 3 is 2.53 bits per heavy atom. The Morgan fingerprint density at radius 1 is 1.19 bits per heavy atom. The molecule has 1 fully saturated rings. The zero-order valence-electron chi connectivity index (χ0n) is 20.2. The number of ether oxygens (including phenoxy) is 3. The van der Waals surface area contributed by atoms with Crippen LogP contribution in [0.1, 0.15) is 34.7 Å². The molecule has 1 aliphatic heterocycles. The summed E-state index contributed by atoms with van der Waals surface area (Å²) in [4.78, 5) is 35.2. The van der Waals surface area contributed by atoms with Crippen LogP contribution in [-0.4, -0.2) is 60.3 Å². The summed E-state index contributed by atoms with van der Waals surface area (Å²) < 4.78 is 22.2. The Balaban J connectivity index is 1.59. The fourth-order valence-corrected chi connectivity index (χ4v) is 4.00. The first kappa shape index (κ1) is 25.3. The van der Waals surface area contributed by atoms with E-state index < -0.39 is 0 Å². The number of oxazole rings is 1. The number of nitrogens with one attached hydrogen (secondary N) is 1. The largest absolute Gasteiger partial charge is 0.488 e. The van der Waals surface area contributed by atoms with E-state index in [-0.39, 0.29) is 29.5 Å². The van der Waals surface area contributed by atoms with Gasteiger partial charge in [-0.3, -0.25) is 4.79 Å². The minimum Gasteiger partial charge on any atom is -0.488 e. The van der Waals surface area contributed by atoms with Crippen molar-refractivity contribution in [3.05, 3.63) is 58.6 Å². The Bertz CT molecular complexity index is 1220. The van der Waals surface area contributed by atoms with Crippen molar-refractivity contribution in [1.82, 2.24) is 20.2 Å². The lowest BCUT2D eigenvalue weighted by Gasteiger charge is -2.31. The first-order valence-electron chi connectivity index (χ1n) is 11.4. The molecule has 3 aromatic rings. The van der Waals surface area contributed by atoms with Crippen molar-refractivity contribution in [2.75, 3.05) is 27.3 Å². The summed E-state index contributed by atoms with van der Waals surface area (Å²) >= 11 is 5.94. The van der Waals surface area contributed by atoms with E-state index >= 15 is 0 Å². The summed E-state index contributed by atoms with van der Waals surface area (Å²) in [7, 11) is 2.80. The number of pyridine rings is 1. The van der Waals surface area contributed by atoms with Crippen LogP contribution in [-0.2, 0) is 11.3 Å². The van der Waals surface area contributed by atoms with Gasteiger partial charge in [0.15, 0.2) is 17.3 Å². The van der Waals surface area contributed by atoms with Crippen LogP contribution in [0.5, 0.6) is 11.6 Å². The molecule has 1 aliphatic rings. The fourth-order valence-electron chi connectivity index (χ4n) is 3.88. The molecule has 1 aromatic carbocycles. The van der Waals surface area contributed by atoms with E-state index in [0.29, 0.717) is 60.6 Å². The number of halogens is 1. The number of piperidine rings is 1. The average Bonchev–Trinajstić information content (AvgIpc) is 3.33. The quantitative estimate of drug-likeness (QED) is 0.497. The standard InChI is InChI=1S/C25H27ClN4O6/c1-15-27-14-21(35-15)22-20(36-18-8-10-30(11-9-18)25(32)34-3)12-19(24(29-22)33-2)23(31)28-13-16-4-6-17(26)7-5-16/h4-7,12,14,18H,8-11,13H2,1-3H3,(H,28,31).